The molecule has 0 radical (unpaired) electrons. The zero-order valence-electron chi connectivity index (χ0n) is 9.86. The zero-order valence-corrected chi connectivity index (χ0v) is 9.86. The van der Waals surface area contributed by atoms with Crippen molar-refractivity contribution in [2.24, 2.45) is 5.41 Å². The van der Waals surface area contributed by atoms with E-state index < -0.39 is 0 Å². The molecule has 0 aromatic carbocycles. The Labute approximate surface area is 88.8 Å². The summed E-state index contributed by atoms with van der Waals surface area (Å²) in [5.41, 5.74) is 4.23. The van der Waals surface area contributed by atoms with Crippen LogP contribution in [0.3, 0.4) is 0 Å². The number of hydrogen-bond donors (Lipinski definition) is 0. The van der Waals surface area contributed by atoms with E-state index in [-0.39, 0.29) is 0 Å². The molecular formula is C14H24. The van der Waals surface area contributed by atoms with Gasteiger partial charge in [0.05, 0.1) is 0 Å². The largest absolute Gasteiger partial charge is 0.0705 e. The van der Waals surface area contributed by atoms with Crippen LogP contribution in [0.15, 0.2) is 11.1 Å². The van der Waals surface area contributed by atoms with Gasteiger partial charge in [-0.3, -0.25) is 0 Å². The Morgan fingerprint density at radius 1 is 0.786 bits per heavy atom. The molecule has 2 aliphatic carbocycles. The Morgan fingerprint density at radius 3 is 2.07 bits per heavy atom. The molecule has 2 saturated carbocycles. The predicted molar refractivity (Wildman–Crippen MR) is 62.4 cm³/mol. The molecule has 0 aromatic rings. The van der Waals surface area contributed by atoms with E-state index in [1.165, 1.54) is 57.8 Å². The van der Waals surface area contributed by atoms with Crippen molar-refractivity contribution in [3.8, 4) is 0 Å². The number of rotatable bonds is 0. The maximum absolute atomic E-state index is 2.46. The van der Waals surface area contributed by atoms with Crippen LogP contribution in [0.4, 0.5) is 0 Å². The first kappa shape index (κ1) is 10.3. The van der Waals surface area contributed by atoms with Crippen molar-refractivity contribution in [3.05, 3.63) is 11.1 Å². The van der Waals surface area contributed by atoms with E-state index in [0.717, 1.165) is 0 Å². The van der Waals surface area contributed by atoms with Crippen LogP contribution < -0.4 is 0 Å². The maximum atomic E-state index is 2.46. The summed E-state index contributed by atoms with van der Waals surface area (Å²) in [6.07, 6.45) is 12.9. The van der Waals surface area contributed by atoms with Gasteiger partial charge in [-0.05, 0) is 50.4 Å². The Kier molecular flexibility index (Phi) is 2.99. The fraction of sp³-hybridized carbons (Fsp3) is 0.857. The summed E-state index contributed by atoms with van der Waals surface area (Å²) in [6, 6.07) is 0. The summed E-state index contributed by atoms with van der Waals surface area (Å²) in [4.78, 5) is 0. The fourth-order valence-corrected chi connectivity index (χ4v) is 3.29. The van der Waals surface area contributed by atoms with E-state index in [4.69, 9.17) is 0 Å². The molecule has 2 rings (SSSR count). The Balaban J connectivity index is 2.19. The minimum absolute atomic E-state index is 0.533. The standard InChI is InChI=1S/C14H24/c1-14(2)11-7-6-10-13(14)12-8-4-3-5-9-12/h3-11H2,1-2H3. The van der Waals surface area contributed by atoms with Gasteiger partial charge in [0.1, 0.15) is 0 Å². The third kappa shape index (κ3) is 2.04. The van der Waals surface area contributed by atoms with Crippen molar-refractivity contribution in [2.75, 3.05) is 0 Å². The van der Waals surface area contributed by atoms with Gasteiger partial charge < -0.3 is 0 Å². The van der Waals surface area contributed by atoms with Crippen LogP contribution in [-0.4, -0.2) is 0 Å². The molecule has 0 heteroatoms. The molecule has 0 aromatic heterocycles. The average Bonchev–Trinajstić information content (AvgIpc) is 2.18. The van der Waals surface area contributed by atoms with Crippen LogP contribution >= 0.6 is 0 Å². The molecule has 0 saturated heterocycles. The van der Waals surface area contributed by atoms with Crippen molar-refractivity contribution < 1.29 is 0 Å². The Bertz CT molecular complexity index is 224. The molecule has 0 atom stereocenters. The zero-order chi connectivity index (χ0) is 10.0. The van der Waals surface area contributed by atoms with Crippen LogP contribution in [0.1, 0.15) is 71.6 Å². The minimum Gasteiger partial charge on any atom is -0.0705 e. The van der Waals surface area contributed by atoms with E-state index in [1.54, 1.807) is 0 Å². The monoisotopic (exact) mass is 192 g/mol. The maximum Gasteiger partial charge on any atom is -0.0142 e. The third-order valence-electron chi connectivity index (χ3n) is 4.18. The van der Waals surface area contributed by atoms with Gasteiger partial charge in [-0.1, -0.05) is 37.8 Å². The number of hydrogen-bond acceptors (Lipinski definition) is 0. The predicted octanol–water partition coefficient (Wildman–Crippen LogP) is 4.85. The van der Waals surface area contributed by atoms with Gasteiger partial charge in [0.2, 0.25) is 0 Å². The first-order chi connectivity index (χ1) is 6.70. The Hall–Kier alpha value is -0.260. The second-order valence-corrected chi connectivity index (χ2v) is 5.73. The second-order valence-electron chi connectivity index (χ2n) is 5.73. The number of allylic oxidation sites excluding steroid dienone is 2. The van der Waals surface area contributed by atoms with Crippen molar-refractivity contribution in [3.63, 3.8) is 0 Å². The highest BCUT2D eigenvalue weighted by atomic mass is 14.3. The van der Waals surface area contributed by atoms with Gasteiger partial charge in [-0.25, -0.2) is 0 Å². The fourth-order valence-electron chi connectivity index (χ4n) is 3.29. The van der Waals surface area contributed by atoms with E-state index in [9.17, 15) is 0 Å². The SMILES string of the molecule is CC1(C)CCCCC1=C1CCCCC1. The molecule has 14 heavy (non-hydrogen) atoms. The van der Waals surface area contributed by atoms with E-state index in [1.807, 2.05) is 11.1 Å². The Morgan fingerprint density at radius 2 is 1.43 bits per heavy atom. The lowest BCUT2D eigenvalue weighted by atomic mass is 9.69. The second kappa shape index (κ2) is 4.08. The molecular weight excluding hydrogens is 168 g/mol. The molecule has 0 heterocycles. The van der Waals surface area contributed by atoms with Crippen molar-refractivity contribution in [1.82, 2.24) is 0 Å². The smallest absolute Gasteiger partial charge is 0.0142 e. The summed E-state index contributed by atoms with van der Waals surface area (Å²) in [7, 11) is 0. The topological polar surface area (TPSA) is 0 Å². The molecule has 2 fully saturated rings. The highest BCUT2D eigenvalue weighted by Gasteiger charge is 2.28. The summed E-state index contributed by atoms with van der Waals surface area (Å²) in [6.45, 7) is 4.92. The molecule has 0 spiro atoms. The van der Waals surface area contributed by atoms with Crippen molar-refractivity contribution in [1.29, 1.82) is 0 Å². The lowest BCUT2D eigenvalue weighted by molar-refractivity contribution is 0.327. The molecule has 0 aliphatic heterocycles. The quantitative estimate of drug-likeness (QED) is 0.481. The minimum atomic E-state index is 0.533. The van der Waals surface area contributed by atoms with E-state index >= 15 is 0 Å². The highest BCUT2D eigenvalue weighted by molar-refractivity contribution is 5.23. The first-order valence-electron chi connectivity index (χ1n) is 6.41. The lowest BCUT2D eigenvalue weighted by Gasteiger charge is -2.36. The van der Waals surface area contributed by atoms with Gasteiger partial charge in [0, 0.05) is 0 Å². The molecule has 0 amide bonds. The van der Waals surface area contributed by atoms with E-state index in [0.29, 0.717) is 5.41 Å². The molecule has 0 nitrogen and oxygen atoms in total. The summed E-state index contributed by atoms with van der Waals surface area (Å²) >= 11 is 0. The van der Waals surface area contributed by atoms with Gasteiger partial charge in [0.25, 0.3) is 0 Å². The molecule has 0 bridgehead atoms. The third-order valence-corrected chi connectivity index (χ3v) is 4.18. The van der Waals surface area contributed by atoms with Crippen molar-refractivity contribution in [2.45, 2.75) is 71.6 Å². The highest BCUT2D eigenvalue weighted by Crippen LogP contribution is 2.44. The molecule has 0 unspecified atom stereocenters. The summed E-state index contributed by atoms with van der Waals surface area (Å²) in [5, 5.41) is 0. The van der Waals surface area contributed by atoms with Gasteiger partial charge in [-0.2, -0.15) is 0 Å². The summed E-state index contributed by atoms with van der Waals surface area (Å²) < 4.78 is 0. The van der Waals surface area contributed by atoms with Gasteiger partial charge >= 0.3 is 0 Å². The summed E-state index contributed by atoms with van der Waals surface area (Å²) in [5.74, 6) is 0. The van der Waals surface area contributed by atoms with E-state index in [2.05, 4.69) is 13.8 Å². The van der Waals surface area contributed by atoms with Crippen LogP contribution in [0.5, 0.6) is 0 Å². The van der Waals surface area contributed by atoms with Crippen LogP contribution in [0.2, 0.25) is 0 Å². The van der Waals surface area contributed by atoms with Crippen LogP contribution in [0.25, 0.3) is 0 Å². The first-order valence-corrected chi connectivity index (χ1v) is 6.41. The van der Waals surface area contributed by atoms with Crippen LogP contribution in [-0.2, 0) is 0 Å². The molecule has 0 N–H and O–H groups in total. The normalized spacial score (nSPS) is 27.9. The van der Waals surface area contributed by atoms with Gasteiger partial charge in [-0.15, -0.1) is 0 Å². The lowest BCUT2D eigenvalue weighted by Crippen LogP contribution is -2.21. The van der Waals surface area contributed by atoms with Crippen LogP contribution in [0, 0.1) is 5.41 Å². The average molecular weight is 192 g/mol. The molecule has 80 valence electrons. The molecule has 2 aliphatic rings. The van der Waals surface area contributed by atoms with Crippen molar-refractivity contribution >= 4 is 0 Å². The van der Waals surface area contributed by atoms with Gasteiger partial charge in [0.15, 0.2) is 0 Å².